The van der Waals surface area contributed by atoms with Crippen molar-refractivity contribution in [1.82, 2.24) is 0 Å². The van der Waals surface area contributed by atoms with E-state index in [1.165, 1.54) is 6.92 Å². The van der Waals surface area contributed by atoms with Crippen molar-refractivity contribution in [3.05, 3.63) is 0 Å². The summed E-state index contributed by atoms with van der Waals surface area (Å²) in [6.45, 7) is 1.53. The van der Waals surface area contributed by atoms with E-state index in [0.29, 0.717) is 0 Å². The van der Waals surface area contributed by atoms with E-state index in [4.69, 9.17) is 0 Å². The Morgan fingerprint density at radius 1 is 1.70 bits per heavy atom. The number of ether oxygens (including phenoxy) is 1. The first-order valence-electron chi connectivity index (χ1n) is 2.59. The third-order valence-corrected chi connectivity index (χ3v) is 0.884. The van der Waals surface area contributed by atoms with E-state index in [1.54, 1.807) is 0 Å². The van der Waals surface area contributed by atoms with E-state index < -0.39 is 17.4 Å². The number of halogens is 2. The fourth-order valence-electron chi connectivity index (χ4n) is 0.308. The molecule has 0 fully saturated rings. The Morgan fingerprint density at radius 3 is 2.50 bits per heavy atom. The molecule has 0 saturated heterocycles. The fraction of sp³-hybridized carbons (Fsp3) is 0.600. The van der Waals surface area contributed by atoms with Gasteiger partial charge in [0.2, 0.25) is 0 Å². The highest BCUT2D eigenvalue weighted by atomic mass is 35.5. The van der Waals surface area contributed by atoms with E-state index in [0.717, 1.165) is 0 Å². The van der Waals surface area contributed by atoms with Crippen LogP contribution in [0.25, 0.3) is 0 Å². The van der Waals surface area contributed by atoms with Crippen LogP contribution in [0.5, 0.6) is 0 Å². The van der Waals surface area contributed by atoms with Crippen LogP contribution in [0.1, 0.15) is 6.92 Å². The molecule has 0 rings (SSSR count). The average Bonchev–Trinajstić information content (AvgIpc) is 1.87. The van der Waals surface area contributed by atoms with Crippen LogP contribution in [0.2, 0.25) is 0 Å². The fourth-order valence-corrected chi connectivity index (χ4v) is 0.397. The first kappa shape index (κ1) is 9.36. The molecule has 0 aromatic carbocycles. The number of hydrogen-bond donors (Lipinski definition) is 0. The predicted molar refractivity (Wildman–Crippen MR) is 32.4 cm³/mol. The molecule has 0 spiro atoms. The van der Waals surface area contributed by atoms with Crippen LogP contribution in [-0.2, 0) is 14.3 Å². The molecule has 0 amide bonds. The van der Waals surface area contributed by atoms with Crippen LogP contribution in [0.15, 0.2) is 0 Å². The molecular formula is C5H6ClFO3. The summed E-state index contributed by atoms with van der Waals surface area (Å²) in [6, 6.07) is 0. The molecule has 0 N–H and O–H groups in total. The third kappa shape index (κ3) is 2.77. The average molecular weight is 169 g/mol. The lowest BCUT2D eigenvalue weighted by molar-refractivity contribution is -0.151. The highest BCUT2D eigenvalue weighted by molar-refractivity contribution is 6.66. The first-order chi connectivity index (χ1) is 4.59. The van der Waals surface area contributed by atoms with E-state index in [2.05, 4.69) is 16.3 Å². The van der Waals surface area contributed by atoms with Crippen LogP contribution < -0.4 is 0 Å². The second kappa shape index (κ2) is 4.22. The first-order valence-corrected chi connectivity index (χ1v) is 2.97. The molecule has 0 aliphatic rings. The Hall–Kier alpha value is -0.640. The van der Waals surface area contributed by atoms with E-state index in [9.17, 15) is 14.0 Å². The van der Waals surface area contributed by atoms with Crippen LogP contribution in [0.3, 0.4) is 0 Å². The van der Waals surface area contributed by atoms with E-state index in [-0.39, 0.29) is 6.61 Å². The number of carbonyl (C=O) groups excluding carboxylic acids is 2. The smallest absolute Gasteiger partial charge is 0.350 e. The highest BCUT2D eigenvalue weighted by Crippen LogP contribution is 1.99. The minimum Gasteiger partial charge on any atom is -0.463 e. The van der Waals surface area contributed by atoms with Crippen molar-refractivity contribution in [2.75, 3.05) is 6.61 Å². The van der Waals surface area contributed by atoms with Crippen molar-refractivity contribution >= 4 is 22.8 Å². The zero-order chi connectivity index (χ0) is 8.15. The van der Waals surface area contributed by atoms with Crippen molar-refractivity contribution < 1.29 is 18.7 Å². The van der Waals surface area contributed by atoms with Gasteiger partial charge < -0.3 is 4.74 Å². The van der Waals surface area contributed by atoms with Crippen LogP contribution >= 0.6 is 11.6 Å². The summed E-state index contributed by atoms with van der Waals surface area (Å²) < 4.78 is 16.3. The Balaban J connectivity index is 3.82. The van der Waals surface area contributed by atoms with Crippen molar-refractivity contribution in [2.45, 2.75) is 13.1 Å². The lowest BCUT2D eigenvalue weighted by Crippen LogP contribution is -2.24. The Morgan fingerprint density at radius 2 is 2.20 bits per heavy atom. The van der Waals surface area contributed by atoms with Gasteiger partial charge in [-0.2, -0.15) is 0 Å². The van der Waals surface area contributed by atoms with Crippen molar-refractivity contribution in [2.24, 2.45) is 0 Å². The predicted octanol–water partition coefficient (Wildman–Crippen LogP) is 0.653. The van der Waals surface area contributed by atoms with Crippen LogP contribution in [0, 0.1) is 0 Å². The molecular weight excluding hydrogens is 163 g/mol. The molecule has 0 aromatic rings. The molecule has 1 unspecified atom stereocenters. The molecule has 0 aromatic heterocycles. The zero-order valence-corrected chi connectivity index (χ0v) is 6.02. The van der Waals surface area contributed by atoms with Gasteiger partial charge in [0, 0.05) is 0 Å². The van der Waals surface area contributed by atoms with Gasteiger partial charge in [-0.1, -0.05) is 0 Å². The number of esters is 1. The normalized spacial score (nSPS) is 12.3. The van der Waals surface area contributed by atoms with Crippen LogP contribution in [0.4, 0.5) is 4.39 Å². The molecule has 3 nitrogen and oxygen atoms in total. The van der Waals surface area contributed by atoms with Gasteiger partial charge in [-0.3, -0.25) is 4.79 Å². The summed E-state index contributed by atoms with van der Waals surface area (Å²) in [5, 5.41) is -1.35. The molecule has 58 valence electrons. The molecule has 0 bridgehead atoms. The van der Waals surface area contributed by atoms with Gasteiger partial charge in [-0.25, -0.2) is 9.18 Å². The molecule has 5 heteroatoms. The number of hydrogen-bond acceptors (Lipinski definition) is 3. The van der Waals surface area contributed by atoms with Gasteiger partial charge in [0.05, 0.1) is 6.61 Å². The van der Waals surface area contributed by atoms with Gasteiger partial charge >= 0.3 is 5.97 Å². The van der Waals surface area contributed by atoms with Gasteiger partial charge in [0.15, 0.2) is 0 Å². The maximum absolute atomic E-state index is 12.2. The third-order valence-electron chi connectivity index (χ3n) is 0.693. The second-order valence-electron chi connectivity index (χ2n) is 1.42. The summed E-state index contributed by atoms with van der Waals surface area (Å²) >= 11 is 4.64. The number of carbonyl (C=O) groups is 2. The van der Waals surface area contributed by atoms with Crippen LogP contribution in [-0.4, -0.2) is 24.0 Å². The molecule has 0 saturated carbocycles. The molecule has 0 heterocycles. The summed E-state index contributed by atoms with van der Waals surface area (Å²) in [7, 11) is 0. The maximum Gasteiger partial charge on any atom is 0.350 e. The summed E-state index contributed by atoms with van der Waals surface area (Å²) in [5.74, 6) is -1.23. The van der Waals surface area contributed by atoms with Gasteiger partial charge in [0.25, 0.3) is 11.4 Å². The van der Waals surface area contributed by atoms with E-state index >= 15 is 0 Å². The van der Waals surface area contributed by atoms with Gasteiger partial charge in [-0.15, -0.1) is 0 Å². The zero-order valence-electron chi connectivity index (χ0n) is 5.27. The lowest BCUT2D eigenvalue weighted by atomic mass is 10.4. The Bertz CT molecular complexity index is 148. The molecule has 0 aliphatic carbocycles. The minimum atomic E-state index is -2.35. The number of rotatable bonds is 3. The van der Waals surface area contributed by atoms with Crippen molar-refractivity contribution in [1.29, 1.82) is 0 Å². The van der Waals surface area contributed by atoms with E-state index in [1.807, 2.05) is 0 Å². The minimum absolute atomic E-state index is 0.0312. The monoisotopic (exact) mass is 168 g/mol. The summed E-state index contributed by atoms with van der Waals surface area (Å²) in [5.41, 5.74) is 0. The summed E-state index contributed by atoms with van der Waals surface area (Å²) in [6.07, 6.45) is -2.35. The SMILES string of the molecule is CCOC(=O)C(F)C(=O)Cl. The molecule has 10 heavy (non-hydrogen) atoms. The van der Waals surface area contributed by atoms with Gasteiger partial charge in [0.1, 0.15) is 0 Å². The standard InChI is InChI=1S/C5H6ClFO3/c1-2-10-5(9)3(7)4(6)8/h3H,2H2,1H3. The molecule has 1 atom stereocenters. The molecule has 0 radical (unpaired) electrons. The highest BCUT2D eigenvalue weighted by Gasteiger charge is 2.25. The van der Waals surface area contributed by atoms with Crippen molar-refractivity contribution in [3.63, 3.8) is 0 Å². The Kier molecular flexibility index (Phi) is 3.95. The Labute approximate surface area is 62.1 Å². The molecule has 0 aliphatic heterocycles. The summed E-state index contributed by atoms with van der Waals surface area (Å²) in [4.78, 5) is 20.2. The van der Waals surface area contributed by atoms with Crippen molar-refractivity contribution in [3.8, 4) is 0 Å². The number of alkyl halides is 1. The quantitative estimate of drug-likeness (QED) is 0.353. The maximum atomic E-state index is 12.2. The largest absolute Gasteiger partial charge is 0.463 e. The van der Waals surface area contributed by atoms with Gasteiger partial charge in [-0.05, 0) is 18.5 Å². The topological polar surface area (TPSA) is 43.4 Å². The lowest BCUT2D eigenvalue weighted by Gasteiger charge is -2.00. The second-order valence-corrected chi connectivity index (χ2v) is 1.79.